The van der Waals surface area contributed by atoms with Crippen LogP contribution in [0.4, 0.5) is 0 Å². The summed E-state index contributed by atoms with van der Waals surface area (Å²) in [5.41, 5.74) is 1.23. The van der Waals surface area contributed by atoms with Crippen LogP contribution in [0.2, 0.25) is 0 Å². The molecule has 1 aliphatic carbocycles. The average molecular weight is 414 g/mol. The number of likely N-dealkylation sites (tertiary alicyclic amines) is 1. The summed E-state index contributed by atoms with van der Waals surface area (Å²) in [4.78, 5) is 15.6. The number of halogens is 2. The Morgan fingerprint density at radius 3 is 2.78 bits per heavy atom. The van der Waals surface area contributed by atoms with Gasteiger partial charge in [0.2, 0.25) is 5.91 Å². The van der Waals surface area contributed by atoms with Crippen LogP contribution in [0.1, 0.15) is 50.6 Å². The Morgan fingerprint density at radius 1 is 1.22 bits per heavy atom. The molecule has 2 N–H and O–H groups in total. The van der Waals surface area contributed by atoms with E-state index in [4.69, 9.17) is 0 Å². The molecule has 2 aliphatic heterocycles. The molecule has 4 atom stereocenters. The van der Waals surface area contributed by atoms with Crippen molar-refractivity contribution in [3.8, 4) is 0 Å². The summed E-state index contributed by atoms with van der Waals surface area (Å²) >= 11 is 0. The molecule has 0 bridgehead atoms. The number of hydrogen-bond acceptors (Lipinski definition) is 3. The summed E-state index contributed by atoms with van der Waals surface area (Å²) in [6, 6.07) is 11.4. The van der Waals surface area contributed by atoms with Gasteiger partial charge in [0.15, 0.2) is 0 Å². The van der Waals surface area contributed by atoms with Crippen LogP contribution in [0.15, 0.2) is 30.3 Å². The fourth-order valence-corrected chi connectivity index (χ4v) is 5.22. The van der Waals surface area contributed by atoms with Gasteiger partial charge in [0.25, 0.3) is 0 Å². The third-order valence-electron chi connectivity index (χ3n) is 6.87. The van der Waals surface area contributed by atoms with Crippen molar-refractivity contribution in [3.63, 3.8) is 0 Å². The zero-order valence-electron chi connectivity index (χ0n) is 16.2. The molecule has 0 aromatic heterocycles. The second kappa shape index (κ2) is 9.60. The summed E-state index contributed by atoms with van der Waals surface area (Å²) in [5.74, 6) is 0.864. The van der Waals surface area contributed by atoms with Crippen molar-refractivity contribution in [2.75, 3.05) is 26.2 Å². The molecular weight excluding hydrogens is 381 g/mol. The first-order chi connectivity index (χ1) is 12.2. The summed E-state index contributed by atoms with van der Waals surface area (Å²) in [6.07, 6.45) is 5.83. The number of nitrogens with one attached hydrogen (secondary N) is 2. The number of carbonyl (C=O) groups is 1. The smallest absolute Gasteiger partial charge is 0.228 e. The maximum absolute atomic E-state index is 13.1. The molecule has 4 rings (SSSR count). The van der Waals surface area contributed by atoms with Crippen LogP contribution in [0.5, 0.6) is 0 Å². The lowest BCUT2D eigenvalue weighted by molar-refractivity contribution is -0.134. The van der Waals surface area contributed by atoms with Crippen LogP contribution >= 0.6 is 24.8 Å². The number of benzene rings is 1. The Labute approximate surface area is 175 Å². The van der Waals surface area contributed by atoms with Gasteiger partial charge in [-0.1, -0.05) is 43.2 Å². The van der Waals surface area contributed by atoms with Crippen molar-refractivity contribution in [3.05, 3.63) is 35.9 Å². The van der Waals surface area contributed by atoms with Gasteiger partial charge >= 0.3 is 0 Å². The molecular formula is C21H33Cl2N3O. The van der Waals surface area contributed by atoms with Gasteiger partial charge < -0.3 is 10.6 Å². The van der Waals surface area contributed by atoms with E-state index in [2.05, 4.69) is 52.8 Å². The minimum atomic E-state index is -0.128. The van der Waals surface area contributed by atoms with Crippen LogP contribution in [0, 0.1) is 11.3 Å². The first-order valence-corrected chi connectivity index (χ1v) is 10.00. The van der Waals surface area contributed by atoms with Crippen molar-refractivity contribution in [1.29, 1.82) is 0 Å². The lowest BCUT2D eigenvalue weighted by Crippen LogP contribution is -2.51. The van der Waals surface area contributed by atoms with Gasteiger partial charge in [0.1, 0.15) is 0 Å². The third-order valence-corrected chi connectivity index (χ3v) is 6.87. The van der Waals surface area contributed by atoms with Gasteiger partial charge in [-0.25, -0.2) is 0 Å². The molecule has 3 aliphatic rings. The normalized spacial score (nSPS) is 31.3. The lowest BCUT2D eigenvalue weighted by atomic mass is 9.67. The molecule has 4 nitrogen and oxygen atoms in total. The Kier molecular flexibility index (Phi) is 7.99. The van der Waals surface area contributed by atoms with E-state index in [1.807, 2.05) is 0 Å². The number of fused-ring (bicyclic) bond motifs is 1. The van der Waals surface area contributed by atoms with E-state index in [9.17, 15) is 4.79 Å². The summed E-state index contributed by atoms with van der Waals surface area (Å²) in [5, 5.41) is 6.91. The van der Waals surface area contributed by atoms with Crippen LogP contribution in [-0.2, 0) is 4.79 Å². The van der Waals surface area contributed by atoms with Gasteiger partial charge in [-0.05, 0) is 44.2 Å². The van der Waals surface area contributed by atoms with Crippen molar-refractivity contribution in [1.82, 2.24) is 15.5 Å². The molecule has 2 unspecified atom stereocenters. The Hall–Kier alpha value is -0.810. The van der Waals surface area contributed by atoms with Crippen molar-refractivity contribution < 1.29 is 4.79 Å². The van der Waals surface area contributed by atoms with Crippen molar-refractivity contribution >= 4 is 30.7 Å². The molecule has 1 aromatic carbocycles. The monoisotopic (exact) mass is 413 g/mol. The number of amides is 1. The quantitative estimate of drug-likeness (QED) is 0.792. The molecule has 1 aromatic rings. The maximum atomic E-state index is 13.1. The van der Waals surface area contributed by atoms with E-state index in [1.54, 1.807) is 0 Å². The lowest BCUT2D eigenvalue weighted by Gasteiger charge is -2.38. The molecule has 2 saturated heterocycles. The average Bonchev–Trinajstić information content (AvgIpc) is 3.29. The Morgan fingerprint density at radius 2 is 2.00 bits per heavy atom. The summed E-state index contributed by atoms with van der Waals surface area (Å²) in [6.45, 7) is 6.21. The van der Waals surface area contributed by atoms with Crippen LogP contribution in [-0.4, -0.2) is 43.0 Å². The van der Waals surface area contributed by atoms with E-state index in [-0.39, 0.29) is 30.2 Å². The molecule has 0 spiro atoms. The third kappa shape index (κ3) is 4.45. The Bertz CT molecular complexity index is 615. The van der Waals surface area contributed by atoms with Gasteiger partial charge in [0, 0.05) is 31.7 Å². The highest BCUT2D eigenvalue weighted by molar-refractivity contribution is 5.85. The first kappa shape index (κ1) is 22.5. The van der Waals surface area contributed by atoms with E-state index >= 15 is 0 Å². The number of rotatable bonds is 4. The van der Waals surface area contributed by atoms with Crippen molar-refractivity contribution in [2.24, 2.45) is 11.3 Å². The largest absolute Gasteiger partial charge is 0.351 e. The van der Waals surface area contributed by atoms with Gasteiger partial charge in [-0.2, -0.15) is 0 Å². The van der Waals surface area contributed by atoms with Gasteiger partial charge in [0.05, 0.1) is 5.41 Å². The molecule has 1 saturated carbocycles. The highest BCUT2D eigenvalue weighted by Gasteiger charge is 2.50. The minimum Gasteiger partial charge on any atom is -0.351 e. The summed E-state index contributed by atoms with van der Waals surface area (Å²) in [7, 11) is 0. The first-order valence-electron chi connectivity index (χ1n) is 10.00. The SMILES string of the molecule is CC(c1ccccc1)N1CCC(NC(=O)[C@@]23CCCC[C@H]2CNC3)C1.Cl.Cl. The minimum absolute atomic E-state index is 0. The molecule has 2 heterocycles. The van der Waals surface area contributed by atoms with Gasteiger partial charge in [-0.15, -0.1) is 24.8 Å². The molecule has 27 heavy (non-hydrogen) atoms. The molecule has 1 amide bonds. The van der Waals surface area contributed by atoms with Crippen molar-refractivity contribution in [2.45, 2.75) is 51.1 Å². The van der Waals surface area contributed by atoms with E-state index in [1.165, 1.54) is 24.8 Å². The zero-order valence-corrected chi connectivity index (χ0v) is 17.8. The van der Waals surface area contributed by atoms with Gasteiger partial charge in [-0.3, -0.25) is 9.69 Å². The summed E-state index contributed by atoms with van der Waals surface area (Å²) < 4.78 is 0. The predicted molar refractivity (Wildman–Crippen MR) is 115 cm³/mol. The highest BCUT2D eigenvalue weighted by Crippen LogP contribution is 2.44. The van der Waals surface area contributed by atoms with Crippen LogP contribution in [0.25, 0.3) is 0 Å². The molecule has 0 radical (unpaired) electrons. The van der Waals surface area contributed by atoms with E-state index in [0.717, 1.165) is 39.0 Å². The van der Waals surface area contributed by atoms with E-state index in [0.29, 0.717) is 23.9 Å². The number of carbonyl (C=O) groups excluding carboxylic acids is 1. The maximum Gasteiger partial charge on any atom is 0.228 e. The van der Waals surface area contributed by atoms with E-state index < -0.39 is 0 Å². The topological polar surface area (TPSA) is 44.4 Å². The zero-order chi connectivity index (χ0) is 17.3. The fourth-order valence-electron chi connectivity index (χ4n) is 5.22. The predicted octanol–water partition coefficient (Wildman–Crippen LogP) is 3.56. The van der Waals surface area contributed by atoms with Crippen LogP contribution < -0.4 is 10.6 Å². The number of nitrogens with zero attached hydrogens (tertiary/aromatic N) is 1. The van der Waals surface area contributed by atoms with Crippen LogP contribution in [0.3, 0.4) is 0 Å². The number of hydrogen-bond donors (Lipinski definition) is 2. The second-order valence-electron chi connectivity index (χ2n) is 8.27. The molecule has 6 heteroatoms. The standard InChI is InChI=1S/C21H31N3O.2ClH/c1-16(17-7-3-2-4-8-17)24-12-10-19(14-24)23-20(25)21-11-6-5-9-18(21)13-22-15-21;;/h2-4,7-8,16,18-19,22H,5-6,9-15H2,1H3,(H,23,25);2*1H/t16?,18-,19?,21+;;/m0../s1. The molecule has 152 valence electrons. The second-order valence-corrected chi connectivity index (χ2v) is 8.27. The Balaban J connectivity index is 0.00000131. The fraction of sp³-hybridized carbons (Fsp3) is 0.667. The highest BCUT2D eigenvalue weighted by atomic mass is 35.5. The molecule has 3 fully saturated rings.